The molecule has 1 N–H and O–H groups in total. The zero-order valence-electron chi connectivity index (χ0n) is 14.7. The number of halogens is 2. The summed E-state index contributed by atoms with van der Waals surface area (Å²) in [7, 11) is 0. The van der Waals surface area contributed by atoms with Gasteiger partial charge in [-0.25, -0.2) is 8.78 Å². The number of rotatable bonds is 5. The Morgan fingerprint density at radius 2 is 1.81 bits per heavy atom. The summed E-state index contributed by atoms with van der Waals surface area (Å²) in [5.41, 5.74) is 1.67. The van der Waals surface area contributed by atoms with Crippen LogP contribution in [0.4, 0.5) is 14.7 Å². The lowest BCUT2D eigenvalue weighted by Crippen LogP contribution is -2.38. The van der Waals surface area contributed by atoms with Gasteiger partial charge in [-0.2, -0.15) is 4.98 Å². The normalized spacial score (nSPS) is 15.8. The van der Waals surface area contributed by atoms with Gasteiger partial charge < -0.3 is 9.84 Å². The first kappa shape index (κ1) is 17.6. The number of likely N-dealkylation sites (tertiary alicyclic amines) is 1. The fourth-order valence-corrected chi connectivity index (χ4v) is 3.29. The van der Waals surface area contributed by atoms with Crippen molar-refractivity contribution >= 4 is 5.95 Å². The second-order valence-corrected chi connectivity index (χ2v) is 6.73. The van der Waals surface area contributed by atoms with Crippen LogP contribution >= 0.6 is 0 Å². The van der Waals surface area contributed by atoms with Crippen LogP contribution in [0.25, 0.3) is 11.5 Å². The molecule has 1 fully saturated rings. The predicted octanol–water partition coefficient (Wildman–Crippen LogP) is 4.09. The van der Waals surface area contributed by atoms with Crippen molar-refractivity contribution in [2.24, 2.45) is 0 Å². The molecule has 1 aliphatic rings. The van der Waals surface area contributed by atoms with E-state index in [0.29, 0.717) is 18.4 Å². The summed E-state index contributed by atoms with van der Waals surface area (Å²) in [5.74, 6) is -0.617. The maximum absolute atomic E-state index is 13.3. The molecule has 0 radical (unpaired) electrons. The Kier molecular flexibility index (Phi) is 5.11. The molecule has 1 aromatic heterocycles. The number of hydrogen-bond donors (Lipinski definition) is 1. The third-order valence-electron chi connectivity index (χ3n) is 4.76. The van der Waals surface area contributed by atoms with Gasteiger partial charge in [0.15, 0.2) is 11.6 Å². The van der Waals surface area contributed by atoms with E-state index < -0.39 is 11.6 Å². The first-order valence-electron chi connectivity index (χ1n) is 8.99. The molecule has 2 heterocycles. The summed E-state index contributed by atoms with van der Waals surface area (Å²) >= 11 is 0. The van der Waals surface area contributed by atoms with Crippen LogP contribution in [-0.4, -0.2) is 34.2 Å². The fourth-order valence-electron chi connectivity index (χ4n) is 3.29. The Hall–Kier alpha value is -2.80. The second-order valence-electron chi connectivity index (χ2n) is 6.73. The van der Waals surface area contributed by atoms with Gasteiger partial charge in [-0.05, 0) is 47.8 Å². The maximum atomic E-state index is 13.3. The molecule has 2 aromatic carbocycles. The van der Waals surface area contributed by atoms with Crippen molar-refractivity contribution in [1.82, 2.24) is 15.0 Å². The standard InChI is InChI=1S/C20H20F2N4O/c21-17-7-6-14(12-18(17)22)13-26-10-8-16(9-11-26)23-20-24-19(27-25-20)15-4-2-1-3-5-15/h1-7,12,16H,8-11,13H2,(H,23,25). The number of anilines is 1. The molecule has 5 nitrogen and oxygen atoms in total. The van der Waals surface area contributed by atoms with Crippen LogP contribution in [0.5, 0.6) is 0 Å². The van der Waals surface area contributed by atoms with Gasteiger partial charge in [0, 0.05) is 31.2 Å². The van der Waals surface area contributed by atoms with Gasteiger partial charge in [0.2, 0.25) is 0 Å². The van der Waals surface area contributed by atoms with Gasteiger partial charge in [-0.1, -0.05) is 24.3 Å². The molecule has 7 heteroatoms. The first-order valence-corrected chi connectivity index (χ1v) is 8.99. The van der Waals surface area contributed by atoms with Gasteiger partial charge in [0.1, 0.15) is 0 Å². The topological polar surface area (TPSA) is 54.2 Å². The second kappa shape index (κ2) is 7.84. The van der Waals surface area contributed by atoms with E-state index in [9.17, 15) is 8.78 Å². The highest BCUT2D eigenvalue weighted by atomic mass is 19.2. The Morgan fingerprint density at radius 1 is 1.04 bits per heavy atom. The lowest BCUT2D eigenvalue weighted by Gasteiger charge is -2.32. The zero-order chi connectivity index (χ0) is 18.6. The van der Waals surface area contributed by atoms with Crippen LogP contribution in [0.1, 0.15) is 18.4 Å². The minimum atomic E-state index is -0.809. The highest BCUT2D eigenvalue weighted by Crippen LogP contribution is 2.21. The molecule has 4 rings (SSSR count). The molecule has 1 aliphatic heterocycles. The van der Waals surface area contributed by atoms with E-state index in [0.717, 1.165) is 37.1 Å². The summed E-state index contributed by atoms with van der Waals surface area (Å²) in [6, 6.07) is 14.0. The van der Waals surface area contributed by atoms with E-state index in [1.54, 1.807) is 6.07 Å². The largest absolute Gasteiger partial charge is 0.349 e. The number of piperidine rings is 1. The number of nitrogens with one attached hydrogen (secondary N) is 1. The van der Waals surface area contributed by atoms with Crippen LogP contribution in [0, 0.1) is 11.6 Å². The summed E-state index contributed by atoms with van der Waals surface area (Å²) in [5, 5.41) is 7.32. The lowest BCUT2D eigenvalue weighted by molar-refractivity contribution is 0.210. The minimum absolute atomic E-state index is 0.257. The zero-order valence-corrected chi connectivity index (χ0v) is 14.7. The first-order chi connectivity index (χ1) is 13.2. The Balaban J connectivity index is 1.29. The summed E-state index contributed by atoms with van der Waals surface area (Å²) in [6.45, 7) is 2.34. The molecule has 3 aromatic rings. The van der Waals surface area contributed by atoms with Crippen molar-refractivity contribution in [1.29, 1.82) is 0 Å². The minimum Gasteiger partial charge on any atom is -0.349 e. The Bertz CT molecular complexity index is 892. The molecule has 0 spiro atoms. The van der Waals surface area contributed by atoms with Gasteiger partial charge in [0.25, 0.3) is 11.8 Å². The highest BCUT2D eigenvalue weighted by Gasteiger charge is 2.21. The Labute approximate surface area is 156 Å². The van der Waals surface area contributed by atoms with E-state index >= 15 is 0 Å². The molecule has 140 valence electrons. The van der Waals surface area contributed by atoms with Crippen LogP contribution in [0.3, 0.4) is 0 Å². The van der Waals surface area contributed by atoms with Crippen molar-refractivity contribution in [3.63, 3.8) is 0 Å². The molecule has 0 saturated carbocycles. The number of nitrogens with zero attached hydrogens (tertiary/aromatic N) is 3. The van der Waals surface area contributed by atoms with Crippen LogP contribution in [-0.2, 0) is 6.54 Å². The lowest BCUT2D eigenvalue weighted by atomic mass is 10.0. The van der Waals surface area contributed by atoms with Crippen molar-refractivity contribution < 1.29 is 13.3 Å². The van der Waals surface area contributed by atoms with Crippen LogP contribution in [0.2, 0.25) is 0 Å². The SMILES string of the molecule is Fc1ccc(CN2CCC(Nc3noc(-c4ccccc4)n3)CC2)cc1F. The fraction of sp³-hybridized carbons (Fsp3) is 0.300. The van der Waals surface area contributed by atoms with Crippen molar-refractivity contribution in [2.45, 2.75) is 25.4 Å². The monoisotopic (exact) mass is 370 g/mol. The number of hydrogen-bond acceptors (Lipinski definition) is 5. The van der Waals surface area contributed by atoms with Gasteiger partial charge in [-0.3, -0.25) is 4.90 Å². The van der Waals surface area contributed by atoms with E-state index in [-0.39, 0.29) is 6.04 Å². The smallest absolute Gasteiger partial charge is 0.263 e. The third kappa shape index (κ3) is 4.31. The summed E-state index contributed by atoms with van der Waals surface area (Å²) in [4.78, 5) is 6.63. The molecule has 1 saturated heterocycles. The molecule has 0 aliphatic carbocycles. The molecule has 0 unspecified atom stereocenters. The average Bonchev–Trinajstić information content (AvgIpc) is 3.16. The van der Waals surface area contributed by atoms with Crippen molar-refractivity contribution in [3.8, 4) is 11.5 Å². The predicted molar refractivity (Wildman–Crippen MR) is 98.0 cm³/mol. The molecule has 0 atom stereocenters. The molecule has 0 amide bonds. The maximum Gasteiger partial charge on any atom is 0.263 e. The van der Waals surface area contributed by atoms with Crippen molar-refractivity contribution in [2.75, 3.05) is 18.4 Å². The van der Waals surface area contributed by atoms with Crippen LogP contribution in [0.15, 0.2) is 53.1 Å². The molecular weight excluding hydrogens is 350 g/mol. The third-order valence-corrected chi connectivity index (χ3v) is 4.76. The van der Waals surface area contributed by atoms with Crippen molar-refractivity contribution in [3.05, 3.63) is 65.7 Å². The quantitative estimate of drug-likeness (QED) is 0.733. The number of benzene rings is 2. The number of aromatic nitrogens is 2. The van der Waals surface area contributed by atoms with Gasteiger partial charge in [-0.15, -0.1) is 0 Å². The van der Waals surface area contributed by atoms with E-state index in [2.05, 4.69) is 20.4 Å². The van der Waals surface area contributed by atoms with Gasteiger partial charge >= 0.3 is 0 Å². The average molecular weight is 370 g/mol. The summed E-state index contributed by atoms with van der Waals surface area (Å²) < 4.78 is 31.7. The van der Waals surface area contributed by atoms with E-state index in [1.807, 2.05) is 30.3 Å². The molecular formula is C20H20F2N4O. The summed E-state index contributed by atoms with van der Waals surface area (Å²) in [6.07, 6.45) is 1.83. The molecule has 0 bridgehead atoms. The van der Waals surface area contributed by atoms with E-state index in [4.69, 9.17) is 4.52 Å². The van der Waals surface area contributed by atoms with Crippen LogP contribution < -0.4 is 5.32 Å². The highest BCUT2D eigenvalue weighted by molar-refractivity contribution is 5.53. The van der Waals surface area contributed by atoms with E-state index in [1.165, 1.54) is 12.1 Å². The Morgan fingerprint density at radius 3 is 2.56 bits per heavy atom. The van der Waals surface area contributed by atoms with Gasteiger partial charge in [0.05, 0.1) is 0 Å². The molecule has 27 heavy (non-hydrogen) atoms.